The number of aliphatic hydroxyl groups excluding tert-OH is 1. The molecule has 0 spiro atoms. The molecule has 0 fully saturated rings. The standard InChI is InChI=1S/C11H9NOS/c13-8-2-1-3-10-4-6-11(7-5-10)12-9-14/h4-7,13H,2,8H2. The Morgan fingerprint density at radius 2 is 2.00 bits per heavy atom. The smallest absolute Gasteiger partial charge is 0.0740 e. The molecule has 2 nitrogen and oxygen atoms in total. The maximum Gasteiger partial charge on any atom is 0.0740 e. The van der Waals surface area contributed by atoms with Gasteiger partial charge in [0, 0.05) is 12.0 Å². The fourth-order valence-electron chi connectivity index (χ4n) is 0.892. The van der Waals surface area contributed by atoms with Crippen LogP contribution in [0.3, 0.4) is 0 Å². The van der Waals surface area contributed by atoms with E-state index in [0.717, 1.165) is 11.3 Å². The Labute approximate surface area is 88.3 Å². The molecule has 0 heterocycles. The lowest BCUT2D eigenvalue weighted by Gasteiger charge is -1.91. The molecule has 0 amide bonds. The zero-order valence-corrected chi connectivity index (χ0v) is 8.34. The third kappa shape index (κ3) is 3.51. The molecule has 1 N–H and O–H groups in total. The Balaban J connectivity index is 2.74. The van der Waals surface area contributed by atoms with Gasteiger partial charge in [-0.3, -0.25) is 0 Å². The third-order valence-electron chi connectivity index (χ3n) is 1.51. The summed E-state index contributed by atoms with van der Waals surface area (Å²) in [4.78, 5) is 3.82. The van der Waals surface area contributed by atoms with Gasteiger partial charge in [0.05, 0.1) is 17.5 Å². The zero-order chi connectivity index (χ0) is 10.2. The van der Waals surface area contributed by atoms with Crippen LogP contribution < -0.4 is 0 Å². The van der Waals surface area contributed by atoms with Gasteiger partial charge in [0.2, 0.25) is 0 Å². The Bertz CT molecular complexity index is 394. The first-order valence-electron chi connectivity index (χ1n) is 4.14. The number of hydrogen-bond donors (Lipinski definition) is 1. The molecule has 0 saturated heterocycles. The first-order chi connectivity index (χ1) is 6.86. The van der Waals surface area contributed by atoms with Crippen LogP contribution in [0.1, 0.15) is 12.0 Å². The summed E-state index contributed by atoms with van der Waals surface area (Å²) in [7, 11) is 0. The molecular formula is C11H9NOS. The molecular weight excluding hydrogens is 194 g/mol. The highest BCUT2D eigenvalue weighted by atomic mass is 32.1. The summed E-state index contributed by atoms with van der Waals surface area (Å²) in [6.07, 6.45) is 0.500. The van der Waals surface area contributed by atoms with Crippen LogP contribution in [0.5, 0.6) is 0 Å². The third-order valence-corrected chi connectivity index (χ3v) is 1.60. The van der Waals surface area contributed by atoms with Crippen LogP contribution in [0.25, 0.3) is 0 Å². The number of isothiocyanates is 1. The Kier molecular flexibility index (Phi) is 4.60. The molecule has 1 aromatic carbocycles. The molecule has 70 valence electrons. The quantitative estimate of drug-likeness (QED) is 0.454. The summed E-state index contributed by atoms with van der Waals surface area (Å²) in [6, 6.07) is 7.36. The molecule has 0 aliphatic heterocycles. The van der Waals surface area contributed by atoms with Crippen molar-refractivity contribution >= 4 is 23.1 Å². The average Bonchev–Trinajstić information content (AvgIpc) is 2.21. The molecule has 0 bridgehead atoms. The van der Waals surface area contributed by atoms with Crippen molar-refractivity contribution in [3.8, 4) is 11.8 Å². The van der Waals surface area contributed by atoms with Crippen LogP contribution in [0.2, 0.25) is 0 Å². The predicted octanol–water partition coefficient (Wildman–Crippen LogP) is 2.15. The summed E-state index contributed by atoms with van der Waals surface area (Å²) < 4.78 is 0. The average molecular weight is 203 g/mol. The number of benzene rings is 1. The molecule has 1 aromatic rings. The number of thiocarbonyl (C=S) groups is 1. The molecule has 0 atom stereocenters. The summed E-state index contributed by atoms with van der Waals surface area (Å²) in [6.45, 7) is 0.0975. The molecule has 0 aliphatic rings. The van der Waals surface area contributed by atoms with Gasteiger partial charge in [0.25, 0.3) is 0 Å². The van der Waals surface area contributed by atoms with Gasteiger partial charge >= 0.3 is 0 Å². The maximum atomic E-state index is 8.52. The highest BCUT2D eigenvalue weighted by Crippen LogP contribution is 2.11. The summed E-state index contributed by atoms with van der Waals surface area (Å²) in [5.41, 5.74) is 1.68. The second-order valence-corrected chi connectivity index (χ2v) is 2.71. The second kappa shape index (κ2) is 6.06. The minimum absolute atomic E-state index is 0.0975. The van der Waals surface area contributed by atoms with E-state index in [0.29, 0.717) is 6.42 Å². The van der Waals surface area contributed by atoms with Crippen LogP contribution >= 0.6 is 12.2 Å². The van der Waals surface area contributed by atoms with Gasteiger partial charge in [-0.25, -0.2) is 0 Å². The largest absolute Gasteiger partial charge is 0.395 e. The van der Waals surface area contributed by atoms with Gasteiger partial charge in [-0.2, -0.15) is 4.99 Å². The monoisotopic (exact) mass is 203 g/mol. The summed E-state index contributed by atoms with van der Waals surface area (Å²) in [5, 5.41) is 10.8. The molecule has 0 aliphatic carbocycles. The molecule has 3 heteroatoms. The van der Waals surface area contributed by atoms with E-state index in [1.54, 1.807) is 0 Å². The second-order valence-electron chi connectivity index (χ2n) is 2.53. The van der Waals surface area contributed by atoms with Crippen molar-refractivity contribution in [1.82, 2.24) is 0 Å². The Morgan fingerprint density at radius 3 is 2.57 bits per heavy atom. The van der Waals surface area contributed by atoms with E-state index in [1.807, 2.05) is 24.3 Å². The lowest BCUT2D eigenvalue weighted by atomic mass is 10.2. The Hall–Kier alpha value is -1.46. The van der Waals surface area contributed by atoms with Crippen LogP contribution in [0.4, 0.5) is 5.69 Å². The first kappa shape index (κ1) is 10.6. The van der Waals surface area contributed by atoms with Crippen LogP contribution in [0, 0.1) is 11.8 Å². The van der Waals surface area contributed by atoms with E-state index < -0.39 is 0 Å². The molecule has 0 unspecified atom stereocenters. The summed E-state index contributed by atoms with van der Waals surface area (Å²) >= 11 is 4.48. The molecule has 0 radical (unpaired) electrons. The van der Waals surface area contributed by atoms with Gasteiger partial charge < -0.3 is 5.11 Å². The summed E-state index contributed by atoms with van der Waals surface area (Å²) in [5.74, 6) is 5.75. The molecule has 1 rings (SSSR count). The number of aliphatic hydroxyl groups is 1. The highest BCUT2D eigenvalue weighted by Gasteiger charge is 1.88. The van der Waals surface area contributed by atoms with E-state index >= 15 is 0 Å². The minimum atomic E-state index is 0.0975. The zero-order valence-electron chi connectivity index (χ0n) is 7.53. The van der Waals surface area contributed by atoms with Gasteiger partial charge in [-0.05, 0) is 36.5 Å². The van der Waals surface area contributed by atoms with E-state index in [4.69, 9.17) is 5.11 Å². The SMILES string of the molecule is OCCC#Cc1ccc(N=C=S)cc1. The van der Waals surface area contributed by atoms with E-state index in [9.17, 15) is 0 Å². The minimum Gasteiger partial charge on any atom is -0.395 e. The predicted molar refractivity (Wildman–Crippen MR) is 59.7 cm³/mol. The van der Waals surface area contributed by atoms with Crippen molar-refractivity contribution in [2.24, 2.45) is 4.99 Å². The van der Waals surface area contributed by atoms with Gasteiger partial charge in [0.15, 0.2) is 0 Å². The normalized spacial score (nSPS) is 8.36. The molecule has 0 aromatic heterocycles. The number of aliphatic imine (C=N–C) groups is 1. The number of nitrogens with zero attached hydrogens (tertiary/aromatic N) is 1. The number of hydrogen-bond acceptors (Lipinski definition) is 3. The van der Waals surface area contributed by atoms with Crippen LogP contribution in [-0.2, 0) is 0 Å². The van der Waals surface area contributed by atoms with Crippen molar-refractivity contribution in [3.63, 3.8) is 0 Å². The van der Waals surface area contributed by atoms with Gasteiger partial charge in [-0.1, -0.05) is 11.8 Å². The topological polar surface area (TPSA) is 32.6 Å². The van der Waals surface area contributed by atoms with E-state index in [1.165, 1.54) is 0 Å². The fraction of sp³-hybridized carbons (Fsp3) is 0.182. The van der Waals surface area contributed by atoms with Crippen molar-refractivity contribution < 1.29 is 5.11 Å². The highest BCUT2D eigenvalue weighted by molar-refractivity contribution is 7.78. The fourth-order valence-corrected chi connectivity index (χ4v) is 0.998. The molecule has 0 saturated carbocycles. The van der Waals surface area contributed by atoms with Gasteiger partial charge in [0.1, 0.15) is 0 Å². The van der Waals surface area contributed by atoms with E-state index in [2.05, 4.69) is 34.2 Å². The lowest BCUT2D eigenvalue weighted by molar-refractivity contribution is 0.305. The van der Waals surface area contributed by atoms with Crippen molar-refractivity contribution in [2.45, 2.75) is 6.42 Å². The van der Waals surface area contributed by atoms with Crippen molar-refractivity contribution in [1.29, 1.82) is 0 Å². The lowest BCUT2D eigenvalue weighted by Crippen LogP contribution is -1.77. The van der Waals surface area contributed by atoms with Crippen LogP contribution in [0.15, 0.2) is 29.3 Å². The van der Waals surface area contributed by atoms with Gasteiger partial charge in [-0.15, -0.1) is 0 Å². The van der Waals surface area contributed by atoms with Crippen molar-refractivity contribution in [2.75, 3.05) is 6.61 Å². The maximum absolute atomic E-state index is 8.52. The Morgan fingerprint density at radius 1 is 1.29 bits per heavy atom. The van der Waals surface area contributed by atoms with E-state index in [-0.39, 0.29) is 6.61 Å². The van der Waals surface area contributed by atoms with Crippen LogP contribution in [-0.4, -0.2) is 16.9 Å². The first-order valence-corrected chi connectivity index (χ1v) is 4.55. The number of rotatable bonds is 2. The van der Waals surface area contributed by atoms with Crippen molar-refractivity contribution in [3.05, 3.63) is 29.8 Å². The molecule has 14 heavy (non-hydrogen) atoms.